The zero-order chi connectivity index (χ0) is 13.8. The Bertz CT molecular complexity index is 524. The minimum atomic E-state index is 0.141. The molecule has 1 heterocycles. The van der Waals surface area contributed by atoms with E-state index in [4.69, 9.17) is 16.9 Å². The van der Waals surface area contributed by atoms with Gasteiger partial charge in [-0.1, -0.05) is 17.7 Å². The molecule has 100 valence electrons. The fourth-order valence-corrected chi connectivity index (χ4v) is 2.41. The third kappa shape index (κ3) is 3.46. The van der Waals surface area contributed by atoms with Gasteiger partial charge in [-0.25, -0.2) is 0 Å². The van der Waals surface area contributed by atoms with Crippen LogP contribution in [-0.4, -0.2) is 42.4 Å². The van der Waals surface area contributed by atoms with Crippen molar-refractivity contribution in [2.24, 2.45) is 0 Å². The van der Waals surface area contributed by atoms with Gasteiger partial charge >= 0.3 is 0 Å². The Morgan fingerprint density at radius 2 is 2.21 bits per heavy atom. The molecule has 1 saturated heterocycles. The summed E-state index contributed by atoms with van der Waals surface area (Å²) in [7, 11) is 1.83. The topological polar surface area (TPSA) is 47.3 Å². The number of nitriles is 1. The number of likely N-dealkylation sites (N-methyl/N-ethyl adjacent to an activating group) is 1. The third-order valence-corrected chi connectivity index (χ3v) is 3.68. The standard InChI is InChI=1S/C14H16ClN3O/c1-17-5-2-6-18(10-14(17)19)9-12-4-3-11(8-16)7-13(12)15/h3-4,7H,2,5-6,9-10H2,1H3. The van der Waals surface area contributed by atoms with E-state index in [2.05, 4.69) is 11.0 Å². The second-order valence-corrected chi connectivity index (χ2v) is 5.20. The van der Waals surface area contributed by atoms with E-state index in [9.17, 15) is 4.79 Å². The van der Waals surface area contributed by atoms with Crippen LogP contribution in [0.3, 0.4) is 0 Å². The smallest absolute Gasteiger partial charge is 0.236 e. The zero-order valence-corrected chi connectivity index (χ0v) is 11.7. The first-order valence-corrected chi connectivity index (χ1v) is 6.63. The molecule has 1 aromatic carbocycles. The highest BCUT2D eigenvalue weighted by Crippen LogP contribution is 2.20. The van der Waals surface area contributed by atoms with Gasteiger partial charge in [0.15, 0.2) is 0 Å². The van der Waals surface area contributed by atoms with Crippen LogP contribution in [0.2, 0.25) is 5.02 Å². The van der Waals surface area contributed by atoms with Crippen molar-refractivity contribution in [1.82, 2.24) is 9.80 Å². The van der Waals surface area contributed by atoms with Crippen LogP contribution in [0.4, 0.5) is 0 Å². The van der Waals surface area contributed by atoms with E-state index in [0.29, 0.717) is 23.7 Å². The molecule has 0 saturated carbocycles. The van der Waals surface area contributed by atoms with E-state index < -0.39 is 0 Å². The van der Waals surface area contributed by atoms with Crippen LogP contribution >= 0.6 is 11.6 Å². The highest BCUT2D eigenvalue weighted by Gasteiger charge is 2.19. The number of carbonyl (C=O) groups is 1. The molecule has 0 unspecified atom stereocenters. The van der Waals surface area contributed by atoms with Crippen molar-refractivity contribution in [3.8, 4) is 6.07 Å². The first-order valence-electron chi connectivity index (χ1n) is 6.25. The summed E-state index contributed by atoms with van der Waals surface area (Å²) in [6.07, 6.45) is 0.968. The molecule has 0 spiro atoms. The molecule has 0 aromatic heterocycles. The van der Waals surface area contributed by atoms with Gasteiger partial charge in [-0.3, -0.25) is 9.69 Å². The van der Waals surface area contributed by atoms with E-state index in [-0.39, 0.29) is 5.91 Å². The Morgan fingerprint density at radius 3 is 2.89 bits per heavy atom. The van der Waals surface area contributed by atoms with Crippen molar-refractivity contribution in [3.05, 3.63) is 34.3 Å². The fraction of sp³-hybridized carbons (Fsp3) is 0.429. The molecule has 1 aromatic rings. The maximum atomic E-state index is 11.8. The van der Waals surface area contributed by atoms with Crippen LogP contribution in [-0.2, 0) is 11.3 Å². The van der Waals surface area contributed by atoms with Gasteiger partial charge in [0, 0.05) is 31.7 Å². The Morgan fingerprint density at radius 1 is 1.42 bits per heavy atom. The second kappa shape index (κ2) is 6.05. The molecule has 5 heteroatoms. The molecule has 0 bridgehead atoms. The van der Waals surface area contributed by atoms with E-state index >= 15 is 0 Å². The molecule has 1 amide bonds. The van der Waals surface area contributed by atoms with Crippen LogP contribution in [0, 0.1) is 11.3 Å². The molecule has 19 heavy (non-hydrogen) atoms. The maximum Gasteiger partial charge on any atom is 0.236 e. The first-order chi connectivity index (χ1) is 9.10. The third-order valence-electron chi connectivity index (χ3n) is 3.33. The van der Waals surface area contributed by atoms with E-state index in [1.807, 2.05) is 13.1 Å². The molecule has 1 fully saturated rings. The number of halogens is 1. The van der Waals surface area contributed by atoms with Crippen molar-refractivity contribution in [2.75, 3.05) is 26.7 Å². The number of nitrogens with zero attached hydrogens (tertiary/aromatic N) is 3. The molecule has 0 atom stereocenters. The number of benzene rings is 1. The summed E-state index contributed by atoms with van der Waals surface area (Å²) in [6, 6.07) is 7.35. The van der Waals surface area contributed by atoms with Gasteiger partial charge in [0.2, 0.25) is 5.91 Å². The quantitative estimate of drug-likeness (QED) is 0.829. The molecule has 1 aliphatic heterocycles. The molecule has 1 aliphatic rings. The minimum absolute atomic E-state index is 0.141. The summed E-state index contributed by atoms with van der Waals surface area (Å²) in [5, 5.41) is 9.39. The highest BCUT2D eigenvalue weighted by molar-refractivity contribution is 6.31. The summed E-state index contributed by atoms with van der Waals surface area (Å²) < 4.78 is 0. The van der Waals surface area contributed by atoms with Gasteiger partial charge in [0.1, 0.15) is 0 Å². The Kier molecular flexibility index (Phi) is 4.41. The average Bonchev–Trinajstić information content (AvgIpc) is 2.54. The molecule has 2 rings (SSSR count). The average molecular weight is 278 g/mol. The van der Waals surface area contributed by atoms with Gasteiger partial charge in [0.25, 0.3) is 0 Å². The summed E-state index contributed by atoms with van der Waals surface area (Å²) in [6.45, 7) is 2.75. The molecular formula is C14H16ClN3O. The van der Waals surface area contributed by atoms with Crippen molar-refractivity contribution in [2.45, 2.75) is 13.0 Å². The number of amides is 1. The lowest BCUT2D eigenvalue weighted by Gasteiger charge is -2.20. The van der Waals surface area contributed by atoms with Crippen LogP contribution in [0.25, 0.3) is 0 Å². The van der Waals surface area contributed by atoms with Gasteiger partial charge in [-0.05, 0) is 24.1 Å². The first kappa shape index (κ1) is 13.9. The van der Waals surface area contributed by atoms with Crippen LogP contribution in [0.5, 0.6) is 0 Å². The highest BCUT2D eigenvalue weighted by atomic mass is 35.5. The number of carbonyl (C=O) groups excluding carboxylic acids is 1. The summed E-state index contributed by atoms with van der Waals surface area (Å²) >= 11 is 6.16. The molecule has 4 nitrogen and oxygen atoms in total. The molecule has 0 N–H and O–H groups in total. The van der Waals surface area contributed by atoms with Gasteiger partial charge in [0.05, 0.1) is 18.2 Å². The number of rotatable bonds is 2. The predicted molar refractivity (Wildman–Crippen MR) is 73.7 cm³/mol. The van der Waals surface area contributed by atoms with Gasteiger partial charge < -0.3 is 4.90 Å². The Labute approximate surface area is 118 Å². The van der Waals surface area contributed by atoms with Crippen molar-refractivity contribution in [3.63, 3.8) is 0 Å². The van der Waals surface area contributed by atoms with Crippen molar-refractivity contribution < 1.29 is 4.79 Å². The monoisotopic (exact) mass is 277 g/mol. The molecular weight excluding hydrogens is 262 g/mol. The van der Waals surface area contributed by atoms with Crippen LogP contribution in [0.1, 0.15) is 17.5 Å². The van der Waals surface area contributed by atoms with Crippen LogP contribution < -0.4 is 0 Å². The number of hydrogen-bond donors (Lipinski definition) is 0. The van der Waals surface area contributed by atoms with Crippen molar-refractivity contribution in [1.29, 1.82) is 5.26 Å². The summed E-state index contributed by atoms with van der Waals surface area (Å²) in [5.41, 5.74) is 1.51. The second-order valence-electron chi connectivity index (χ2n) is 4.80. The van der Waals surface area contributed by atoms with Crippen molar-refractivity contribution >= 4 is 17.5 Å². The Balaban J connectivity index is 2.08. The molecule has 0 radical (unpaired) electrons. The van der Waals surface area contributed by atoms with Gasteiger partial charge in [-0.2, -0.15) is 5.26 Å². The zero-order valence-electron chi connectivity index (χ0n) is 10.9. The lowest BCUT2D eigenvalue weighted by Crippen LogP contribution is -2.34. The predicted octanol–water partition coefficient (Wildman–Crippen LogP) is 1.88. The largest absolute Gasteiger partial charge is 0.345 e. The summed E-state index contributed by atoms with van der Waals surface area (Å²) in [4.78, 5) is 15.7. The van der Waals surface area contributed by atoms with E-state index in [1.165, 1.54) is 0 Å². The lowest BCUT2D eigenvalue weighted by molar-refractivity contribution is -0.129. The summed E-state index contributed by atoms with van der Waals surface area (Å²) in [5.74, 6) is 0.141. The SMILES string of the molecule is CN1CCCN(Cc2ccc(C#N)cc2Cl)CC1=O. The van der Waals surface area contributed by atoms with E-state index in [0.717, 1.165) is 25.1 Å². The van der Waals surface area contributed by atoms with Crippen LogP contribution in [0.15, 0.2) is 18.2 Å². The molecule has 0 aliphatic carbocycles. The Hall–Kier alpha value is -1.57. The minimum Gasteiger partial charge on any atom is -0.345 e. The van der Waals surface area contributed by atoms with E-state index in [1.54, 1.807) is 17.0 Å². The lowest BCUT2D eigenvalue weighted by atomic mass is 10.1. The number of hydrogen-bond acceptors (Lipinski definition) is 3. The van der Waals surface area contributed by atoms with Gasteiger partial charge in [-0.15, -0.1) is 0 Å². The fourth-order valence-electron chi connectivity index (χ4n) is 2.17. The maximum absolute atomic E-state index is 11.8. The normalized spacial score (nSPS) is 17.1.